The van der Waals surface area contributed by atoms with Crippen molar-refractivity contribution < 1.29 is 19.1 Å². The monoisotopic (exact) mass is 561 g/mol. The van der Waals surface area contributed by atoms with E-state index in [1.165, 1.54) is 11.0 Å². The Kier molecular flexibility index (Phi) is 6.79. The third-order valence-electron chi connectivity index (χ3n) is 7.10. The van der Waals surface area contributed by atoms with Gasteiger partial charge in [0.1, 0.15) is 22.9 Å². The molecular weight excluding hydrogens is 534 g/mol. The standard InChI is InChI=1S/C30H28ClN3O6/c1-5-15-10-13-21(40-15)27(30(2,3)4)33-24-23(25(35)26(24)36)32-19-12-11-18(31)17-14-34(28(37)22(17)19)20-9-7-6-8-16(20)29(38)39/h6-13,27,32-33H,5,14H2,1-4H3,(H,38,39)/t27-/m0/s1. The number of nitrogens with one attached hydrogen (secondary N) is 2. The zero-order chi connectivity index (χ0) is 28.9. The van der Waals surface area contributed by atoms with Gasteiger partial charge in [0.15, 0.2) is 0 Å². The van der Waals surface area contributed by atoms with Gasteiger partial charge in [-0.15, -0.1) is 0 Å². The van der Waals surface area contributed by atoms with Crippen molar-refractivity contribution in [3.8, 4) is 0 Å². The van der Waals surface area contributed by atoms with E-state index in [-0.39, 0.29) is 45.8 Å². The Morgan fingerprint density at radius 1 is 1.05 bits per heavy atom. The molecule has 5 rings (SSSR count). The number of carbonyl (C=O) groups excluding carboxylic acids is 1. The third kappa shape index (κ3) is 4.56. The lowest BCUT2D eigenvalue weighted by molar-refractivity contribution is 0.0697. The third-order valence-corrected chi connectivity index (χ3v) is 7.45. The summed E-state index contributed by atoms with van der Waals surface area (Å²) < 4.78 is 5.97. The number of hydrogen-bond acceptors (Lipinski definition) is 7. The first-order chi connectivity index (χ1) is 18.9. The smallest absolute Gasteiger partial charge is 0.337 e. The summed E-state index contributed by atoms with van der Waals surface area (Å²) in [6.07, 6.45) is 0.716. The molecule has 3 aromatic carbocycles. The van der Waals surface area contributed by atoms with E-state index in [2.05, 4.69) is 10.6 Å². The summed E-state index contributed by atoms with van der Waals surface area (Å²) in [5.41, 5.74) is -0.460. The van der Waals surface area contributed by atoms with Crippen molar-refractivity contribution in [3.05, 3.63) is 102 Å². The van der Waals surface area contributed by atoms with Crippen molar-refractivity contribution in [2.75, 3.05) is 15.5 Å². The lowest BCUT2D eigenvalue weighted by atomic mass is 9.85. The van der Waals surface area contributed by atoms with Crippen LogP contribution in [0.15, 0.2) is 62.5 Å². The van der Waals surface area contributed by atoms with Crippen LogP contribution in [0, 0.1) is 5.41 Å². The first-order valence-corrected chi connectivity index (χ1v) is 13.2. The number of fused-ring (bicyclic) bond motifs is 1. The maximum Gasteiger partial charge on any atom is 0.337 e. The number of rotatable bonds is 8. The quantitative estimate of drug-likeness (QED) is 0.227. The van der Waals surface area contributed by atoms with Crippen LogP contribution in [0.2, 0.25) is 5.02 Å². The second-order valence-corrected chi connectivity index (χ2v) is 11.2. The van der Waals surface area contributed by atoms with Gasteiger partial charge in [-0.05, 0) is 41.8 Å². The van der Waals surface area contributed by atoms with Gasteiger partial charge in [0.2, 0.25) is 0 Å². The van der Waals surface area contributed by atoms with Crippen LogP contribution < -0.4 is 26.4 Å². The summed E-state index contributed by atoms with van der Waals surface area (Å²) in [6, 6.07) is 12.7. The fourth-order valence-corrected chi connectivity index (χ4v) is 5.17. The van der Waals surface area contributed by atoms with E-state index in [4.69, 9.17) is 16.0 Å². The number of carboxylic acids is 1. The number of amides is 1. The highest BCUT2D eigenvalue weighted by atomic mass is 35.5. The summed E-state index contributed by atoms with van der Waals surface area (Å²) in [5, 5.41) is 16.2. The molecule has 10 heteroatoms. The van der Waals surface area contributed by atoms with E-state index in [0.29, 0.717) is 22.8 Å². The molecule has 0 saturated heterocycles. The Labute approximate surface area is 235 Å². The summed E-state index contributed by atoms with van der Waals surface area (Å²) >= 11 is 6.45. The van der Waals surface area contributed by atoms with Gasteiger partial charge in [-0.2, -0.15) is 0 Å². The molecule has 0 unspecified atom stereocenters. The van der Waals surface area contributed by atoms with Gasteiger partial charge in [-0.1, -0.05) is 51.4 Å². The van der Waals surface area contributed by atoms with Crippen LogP contribution in [0.1, 0.15) is 71.5 Å². The predicted molar refractivity (Wildman–Crippen MR) is 154 cm³/mol. The molecule has 1 aliphatic rings. The molecule has 0 fully saturated rings. The minimum Gasteiger partial charge on any atom is -0.478 e. The van der Waals surface area contributed by atoms with E-state index < -0.39 is 28.8 Å². The number of benzene rings is 2. The summed E-state index contributed by atoms with van der Waals surface area (Å²) in [7, 11) is 0. The van der Waals surface area contributed by atoms with Gasteiger partial charge in [0.25, 0.3) is 16.8 Å². The maximum atomic E-state index is 13.6. The molecule has 0 spiro atoms. The van der Waals surface area contributed by atoms with Gasteiger partial charge >= 0.3 is 5.97 Å². The molecule has 0 radical (unpaired) electrons. The maximum absolute atomic E-state index is 13.6. The molecule has 0 saturated carbocycles. The number of furan rings is 1. The van der Waals surface area contributed by atoms with Crippen LogP contribution in [0.4, 0.5) is 22.7 Å². The van der Waals surface area contributed by atoms with Crippen molar-refractivity contribution in [2.45, 2.75) is 46.7 Å². The summed E-state index contributed by atoms with van der Waals surface area (Å²) in [6.45, 7) is 8.01. The van der Waals surface area contributed by atoms with Crippen LogP contribution in [0.3, 0.4) is 0 Å². The molecule has 9 nitrogen and oxygen atoms in total. The van der Waals surface area contributed by atoms with Crippen LogP contribution in [-0.2, 0) is 13.0 Å². The highest BCUT2D eigenvalue weighted by Gasteiger charge is 2.37. The summed E-state index contributed by atoms with van der Waals surface area (Å²) in [4.78, 5) is 52.2. The molecule has 0 aliphatic carbocycles. The molecule has 206 valence electrons. The Bertz CT molecular complexity index is 1720. The van der Waals surface area contributed by atoms with Crippen molar-refractivity contribution in [1.82, 2.24) is 0 Å². The lowest BCUT2D eigenvalue weighted by Gasteiger charge is -2.31. The van der Waals surface area contributed by atoms with E-state index in [1.54, 1.807) is 30.3 Å². The van der Waals surface area contributed by atoms with E-state index >= 15 is 0 Å². The second-order valence-electron chi connectivity index (χ2n) is 10.8. The number of anilines is 4. The predicted octanol–water partition coefficient (Wildman–Crippen LogP) is 5.89. The average Bonchev–Trinajstić information content (AvgIpc) is 3.53. The number of para-hydroxylation sites is 1. The summed E-state index contributed by atoms with van der Waals surface area (Å²) in [5.74, 6) is -0.200. The molecule has 40 heavy (non-hydrogen) atoms. The average molecular weight is 562 g/mol. The zero-order valence-corrected chi connectivity index (χ0v) is 23.2. The van der Waals surface area contributed by atoms with Crippen molar-refractivity contribution in [1.29, 1.82) is 0 Å². The molecule has 1 aliphatic heterocycles. The Morgan fingerprint density at radius 2 is 1.75 bits per heavy atom. The highest BCUT2D eigenvalue weighted by Crippen LogP contribution is 2.41. The topological polar surface area (TPSA) is 129 Å². The van der Waals surface area contributed by atoms with E-state index in [0.717, 1.165) is 5.76 Å². The number of nitrogens with zero attached hydrogens (tertiary/aromatic N) is 1. The number of hydrogen-bond donors (Lipinski definition) is 3. The number of aryl methyl sites for hydroxylation is 1. The van der Waals surface area contributed by atoms with E-state index in [9.17, 15) is 24.3 Å². The Morgan fingerprint density at radius 3 is 2.40 bits per heavy atom. The van der Waals surface area contributed by atoms with Crippen molar-refractivity contribution in [2.24, 2.45) is 5.41 Å². The van der Waals surface area contributed by atoms with Crippen LogP contribution in [-0.4, -0.2) is 17.0 Å². The number of carbonyl (C=O) groups is 2. The minimum atomic E-state index is -1.17. The Hall–Kier alpha value is -4.37. The first-order valence-electron chi connectivity index (χ1n) is 12.8. The fourth-order valence-electron chi connectivity index (χ4n) is 4.96. The molecule has 3 N–H and O–H groups in total. The molecule has 1 aromatic heterocycles. The molecular formula is C30H28ClN3O6. The number of aromatic carboxylic acids is 1. The van der Waals surface area contributed by atoms with Crippen LogP contribution in [0.5, 0.6) is 0 Å². The Balaban J connectivity index is 1.50. The zero-order valence-electron chi connectivity index (χ0n) is 22.4. The normalized spacial score (nSPS) is 13.9. The minimum absolute atomic E-state index is 0.0272. The molecule has 1 atom stereocenters. The van der Waals surface area contributed by atoms with Gasteiger partial charge in [0.05, 0.1) is 35.1 Å². The fraction of sp³-hybridized carbons (Fsp3) is 0.267. The molecule has 2 heterocycles. The van der Waals surface area contributed by atoms with Gasteiger partial charge in [-0.25, -0.2) is 4.79 Å². The lowest BCUT2D eigenvalue weighted by Crippen LogP contribution is -2.39. The van der Waals surface area contributed by atoms with Crippen LogP contribution in [0.25, 0.3) is 0 Å². The van der Waals surface area contributed by atoms with Gasteiger partial charge in [-0.3, -0.25) is 14.4 Å². The SMILES string of the molecule is CCc1ccc([C@H](Nc2c(Nc3ccc(Cl)c4c3C(=O)N(c3ccccc3C(=O)O)C4)c(=O)c2=O)C(C)(C)C)o1. The van der Waals surface area contributed by atoms with Crippen molar-refractivity contribution >= 4 is 46.2 Å². The molecule has 0 bridgehead atoms. The highest BCUT2D eigenvalue weighted by molar-refractivity contribution is 6.33. The first kappa shape index (κ1) is 27.2. The molecule has 4 aromatic rings. The second kappa shape index (κ2) is 9.98. The van der Waals surface area contributed by atoms with Gasteiger partial charge < -0.3 is 25.1 Å². The van der Waals surface area contributed by atoms with Crippen molar-refractivity contribution in [3.63, 3.8) is 0 Å². The molecule has 1 amide bonds. The number of carboxylic acid groups (broad SMARTS) is 1. The number of halogens is 1. The van der Waals surface area contributed by atoms with Crippen LogP contribution >= 0.6 is 11.6 Å². The van der Waals surface area contributed by atoms with E-state index in [1.807, 2.05) is 39.8 Å². The largest absolute Gasteiger partial charge is 0.478 e. The van der Waals surface area contributed by atoms with Gasteiger partial charge in [0, 0.05) is 17.0 Å².